The molecule has 1 aliphatic rings. The first-order chi connectivity index (χ1) is 4.43. The van der Waals surface area contributed by atoms with E-state index in [1.54, 1.807) is 0 Å². The number of hydrogen-bond acceptors (Lipinski definition) is 2. The van der Waals surface area contributed by atoms with Crippen LogP contribution in [0.4, 0.5) is 0 Å². The zero-order valence-corrected chi connectivity index (χ0v) is 5.56. The van der Waals surface area contributed by atoms with Gasteiger partial charge in [-0.25, -0.2) is 0 Å². The van der Waals surface area contributed by atoms with E-state index in [0.717, 1.165) is 0 Å². The Hall–Kier alpha value is -0.600. The predicted octanol–water partition coefficient (Wildman–Crippen LogP) is 1.85. The molecular weight excluding hydrogens is 114 g/mol. The van der Waals surface area contributed by atoms with E-state index in [1.807, 2.05) is 0 Å². The summed E-state index contributed by atoms with van der Waals surface area (Å²) in [7, 11) is 0. The molecule has 0 bridgehead atoms. The summed E-state index contributed by atoms with van der Waals surface area (Å²) in [5.41, 5.74) is 9.33. The van der Waals surface area contributed by atoms with E-state index in [2.05, 4.69) is 10.6 Å². The Kier molecular flexibility index (Phi) is 2.48. The summed E-state index contributed by atoms with van der Waals surface area (Å²) in [5, 5.41) is 3.16. The molecule has 0 aromatic carbocycles. The second-order valence-electron chi connectivity index (χ2n) is 2.58. The fourth-order valence-electron chi connectivity index (χ4n) is 1.32. The van der Waals surface area contributed by atoms with Crippen LogP contribution in [0.1, 0.15) is 32.1 Å². The van der Waals surface area contributed by atoms with E-state index in [9.17, 15) is 0 Å². The van der Waals surface area contributed by atoms with E-state index in [0.29, 0.717) is 6.04 Å². The molecule has 0 radical (unpaired) electrons. The van der Waals surface area contributed by atoms with Gasteiger partial charge in [0.25, 0.3) is 0 Å². The molecule has 3 heteroatoms. The number of nitrogens with one attached hydrogen (secondary N) is 2. The maximum atomic E-state index is 6.55. The first-order valence-corrected chi connectivity index (χ1v) is 3.55. The van der Waals surface area contributed by atoms with Crippen LogP contribution >= 0.6 is 0 Å². The van der Waals surface area contributed by atoms with Gasteiger partial charge in [-0.15, -0.1) is 0 Å². The average molecular weight is 127 g/mol. The predicted molar refractivity (Wildman–Crippen MR) is 35.2 cm³/mol. The Labute approximate surface area is 55.3 Å². The topological polar surface area (TPSA) is 48.2 Å². The van der Waals surface area contributed by atoms with Crippen LogP contribution in [0.5, 0.6) is 0 Å². The van der Waals surface area contributed by atoms with Crippen LogP contribution in [0.3, 0.4) is 0 Å². The van der Waals surface area contributed by atoms with Crippen molar-refractivity contribution < 1.29 is 0 Å². The second kappa shape index (κ2) is 3.43. The third kappa shape index (κ3) is 2.00. The van der Waals surface area contributed by atoms with Gasteiger partial charge < -0.3 is 0 Å². The molecule has 1 rings (SSSR count). The number of nitrogens with zero attached hydrogens (tertiary/aromatic N) is 1. The van der Waals surface area contributed by atoms with E-state index in [4.69, 9.17) is 5.53 Å². The van der Waals surface area contributed by atoms with Crippen molar-refractivity contribution >= 4 is 0 Å². The minimum absolute atomic E-state index is 0.497. The molecule has 0 aromatic rings. The van der Waals surface area contributed by atoms with Gasteiger partial charge in [0.1, 0.15) is 0 Å². The highest BCUT2D eigenvalue weighted by atomic mass is 15.4. The van der Waals surface area contributed by atoms with Crippen molar-refractivity contribution in [3.8, 4) is 0 Å². The van der Waals surface area contributed by atoms with Crippen molar-refractivity contribution in [1.29, 1.82) is 5.53 Å². The summed E-state index contributed by atoms with van der Waals surface area (Å²) in [6, 6.07) is 0.497. The Bertz CT molecular complexity index is 86.3. The van der Waals surface area contributed by atoms with Crippen LogP contribution in [0.15, 0.2) is 5.22 Å². The van der Waals surface area contributed by atoms with Crippen LogP contribution in [-0.4, -0.2) is 6.04 Å². The molecule has 1 saturated carbocycles. The van der Waals surface area contributed by atoms with Crippen LogP contribution in [0.2, 0.25) is 0 Å². The largest absolute Gasteiger partial charge is 0.289 e. The van der Waals surface area contributed by atoms with Gasteiger partial charge in [-0.3, -0.25) is 5.43 Å². The number of hydrogen-bond donors (Lipinski definition) is 2. The first-order valence-electron chi connectivity index (χ1n) is 3.55. The SMILES string of the molecule is N=NNC1CCCCC1. The second-order valence-corrected chi connectivity index (χ2v) is 2.58. The summed E-state index contributed by atoms with van der Waals surface area (Å²) < 4.78 is 0. The highest BCUT2D eigenvalue weighted by Gasteiger charge is 2.10. The molecular formula is C6H13N3. The lowest BCUT2D eigenvalue weighted by Gasteiger charge is -2.19. The van der Waals surface area contributed by atoms with E-state index in [1.165, 1.54) is 32.1 Å². The molecule has 1 fully saturated rings. The fourth-order valence-corrected chi connectivity index (χ4v) is 1.32. The number of rotatable bonds is 2. The molecule has 0 unspecified atom stereocenters. The highest BCUT2D eigenvalue weighted by molar-refractivity contribution is 4.68. The molecule has 0 aromatic heterocycles. The normalized spacial score (nSPS) is 21.3. The Morgan fingerprint density at radius 2 is 1.89 bits per heavy atom. The van der Waals surface area contributed by atoms with Crippen molar-refractivity contribution in [2.24, 2.45) is 5.22 Å². The maximum Gasteiger partial charge on any atom is 0.0457 e. The Morgan fingerprint density at radius 1 is 1.22 bits per heavy atom. The van der Waals surface area contributed by atoms with Crippen molar-refractivity contribution in [3.05, 3.63) is 0 Å². The molecule has 0 aliphatic heterocycles. The Morgan fingerprint density at radius 3 is 2.44 bits per heavy atom. The monoisotopic (exact) mass is 127 g/mol. The standard InChI is InChI=1S/C6H13N3/c7-9-8-6-4-2-1-3-5-6/h6H,1-5H2,(H2,7,8). The fraction of sp³-hybridized carbons (Fsp3) is 1.00. The van der Waals surface area contributed by atoms with Crippen LogP contribution in [0, 0.1) is 5.53 Å². The van der Waals surface area contributed by atoms with Gasteiger partial charge in [0.2, 0.25) is 0 Å². The van der Waals surface area contributed by atoms with Gasteiger partial charge >= 0.3 is 0 Å². The quantitative estimate of drug-likeness (QED) is 0.431. The summed E-state index contributed by atoms with van der Waals surface area (Å²) in [5.74, 6) is 0. The van der Waals surface area contributed by atoms with Gasteiger partial charge in [0, 0.05) is 6.04 Å². The third-order valence-corrected chi connectivity index (χ3v) is 1.85. The molecule has 1 aliphatic carbocycles. The van der Waals surface area contributed by atoms with Crippen LogP contribution in [-0.2, 0) is 0 Å². The molecule has 3 nitrogen and oxygen atoms in total. The van der Waals surface area contributed by atoms with Crippen LogP contribution in [0.25, 0.3) is 0 Å². The van der Waals surface area contributed by atoms with E-state index in [-0.39, 0.29) is 0 Å². The first kappa shape index (κ1) is 6.52. The lowest BCUT2D eigenvalue weighted by Crippen LogP contribution is -2.25. The maximum absolute atomic E-state index is 6.55. The molecule has 0 spiro atoms. The minimum Gasteiger partial charge on any atom is -0.289 e. The van der Waals surface area contributed by atoms with Gasteiger partial charge in [0.05, 0.1) is 0 Å². The summed E-state index contributed by atoms with van der Waals surface area (Å²) in [6.45, 7) is 0. The van der Waals surface area contributed by atoms with Crippen molar-refractivity contribution in [2.75, 3.05) is 0 Å². The van der Waals surface area contributed by atoms with E-state index < -0.39 is 0 Å². The molecule has 0 saturated heterocycles. The molecule has 52 valence electrons. The molecule has 0 heterocycles. The molecule has 0 amide bonds. The zero-order valence-electron chi connectivity index (χ0n) is 5.56. The molecule has 0 atom stereocenters. The minimum atomic E-state index is 0.497. The smallest absolute Gasteiger partial charge is 0.0457 e. The van der Waals surface area contributed by atoms with Gasteiger partial charge in [-0.1, -0.05) is 24.5 Å². The summed E-state index contributed by atoms with van der Waals surface area (Å²) in [6.07, 6.45) is 6.35. The van der Waals surface area contributed by atoms with Crippen molar-refractivity contribution in [3.63, 3.8) is 0 Å². The summed E-state index contributed by atoms with van der Waals surface area (Å²) in [4.78, 5) is 0. The van der Waals surface area contributed by atoms with E-state index >= 15 is 0 Å². The average Bonchev–Trinajstić information content (AvgIpc) is 1.91. The van der Waals surface area contributed by atoms with Crippen molar-refractivity contribution in [1.82, 2.24) is 5.43 Å². The van der Waals surface area contributed by atoms with Gasteiger partial charge in [0.15, 0.2) is 0 Å². The molecule has 2 N–H and O–H groups in total. The lowest BCUT2D eigenvalue weighted by molar-refractivity contribution is 0.370. The van der Waals surface area contributed by atoms with Gasteiger partial charge in [-0.2, -0.15) is 5.53 Å². The van der Waals surface area contributed by atoms with Crippen molar-refractivity contribution in [2.45, 2.75) is 38.1 Å². The zero-order chi connectivity index (χ0) is 6.53. The third-order valence-electron chi connectivity index (χ3n) is 1.85. The molecule has 9 heavy (non-hydrogen) atoms. The van der Waals surface area contributed by atoms with Crippen LogP contribution < -0.4 is 5.43 Å². The lowest BCUT2D eigenvalue weighted by atomic mass is 9.96. The summed E-state index contributed by atoms with van der Waals surface area (Å²) >= 11 is 0. The highest BCUT2D eigenvalue weighted by Crippen LogP contribution is 2.16. The van der Waals surface area contributed by atoms with Gasteiger partial charge in [-0.05, 0) is 12.8 Å². The Balaban J connectivity index is 2.15.